The molecule has 0 aliphatic rings. The fourth-order valence-corrected chi connectivity index (χ4v) is 7.20. The second-order valence-electron chi connectivity index (χ2n) is 12.8. The number of nitrogens with zero attached hydrogens (tertiary/aromatic N) is 3. The average molecular weight is 652 g/mol. The van der Waals surface area contributed by atoms with Gasteiger partial charge in [-0.2, -0.15) is 0 Å². The van der Waals surface area contributed by atoms with E-state index in [9.17, 15) is 0 Å². The number of para-hydroxylation sites is 1. The number of furan rings is 1. The molecule has 4 nitrogen and oxygen atoms in total. The second kappa shape index (κ2) is 11.9. The molecule has 2 aromatic heterocycles. The number of hydrogen-bond acceptors (Lipinski definition) is 4. The SMILES string of the molecule is c1ccc(-c2nc(-c3ccc4cccc(-c5cccc(-c6ccc7ccccc7c6)c5)c4c3)nc(-c3cccc4oc5ccccc5c34)n2)cc1. The van der Waals surface area contributed by atoms with Crippen LogP contribution in [0.15, 0.2) is 180 Å². The largest absolute Gasteiger partial charge is 0.456 e. The lowest BCUT2D eigenvalue weighted by atomic mass is 9.93. The van der Waals surface area contributed by atoms with Crippen molar-refractivity contribution in [1.82, 2.24) is 15.0 Å². The van der Waals surface area contributed by atoms with Crippen LogP contribution in [0.25, 0.3) is 99.9 Å². The molecule has 10 rings (SSSR count). The minimum Gasteiger partial charge on any atom is -0.456 e. The summed E-state index contributed by atoms with van der Waals surface area (Å²) in [6.45, 7) is 0. The Kier molecular flexibility index (Phi) is 6.78. The minimum atomic E-state index is 0.604. The Bertz CT molecular complexity index is 2930. The molecule has 0 atom stereocenters. The van der Waals surface area contributed by atoms with Crippen molar-refractivity contribution in [3.8, 4) is 56.4 Å². The van der Waals surface area contributed by atoms with Gasteiger partial charge in [0.15, 0.2) is 17.5 Å². The van der Waals surface area contributed by atoms with Crippen LogP contribution >= 0.6 is 0 Å². The molecule has 0 unspecified atom stereocenters. The quantitative estimate of drug-likeness (QED) is 0.186. The normalized spacial score (nSPS) is 11.5. The Labute approximate surface area is 294 Å². The summed E-state index contributed by atoms with van der Waals surface area (Å²) >= 11 is 0. The second-order valence-corrected chi connectivity index (χ2v) is 12.8. The van der Waals surface area contributed by atoms with Crippen molar-refractivity contribution in [1.29, 1.82) is 0 Å². The van der Waals surface area contributed by atoms with Crippen molar-refractivity contribution in [2.45, 2.75) is 0 Å². The maximum Gasteiger partial charge on any atom is 0.164 e. The van der Waals surface area contributed by atoms with E-state index in [1.54, 1.807) is 0 Å². The summed E-state index contributed by atoms with van der Waals surface area (Å²) in [4.78, 5) is 15.3. The molecule has 2 heterocycles. The number of hydrogen-bond donors (Lipinski definition) is 0. The molecule has 0 aliphatic carbocycles. The monoisotopic (exact) mass is 651 g/mol. The van der Waals surface area contributed by atoms with E-state index in [0.717, 1.165) is 60.5 Å². The fraction of sp³-hybridized carbons (Fsp3) is 0. The van der Waals surface area contributed by atoms with Crippen molar-refractivity contribution in [2.24, 2.45) is 0 Å². The average Bonchev–Trinajstić information content (AvgIpc) is 3.59. The van der Waals surface area contributed by atoms with Gasteiger partial charge >= 0.3 is 0 Å². The molecule has 0 amide bonds. The molecule has 0 saturated heterocycles. The first-order valence-electron chi connectivity index (χ1n) is 17.1. The molecule has 0 spiro atoms. The van der Waals surface area contributed by atoms with Crippen LogP contribution in [-0.2, 0) is 0 Å². The van der Waals surface area contributed by atoms with E-state index in [2.05, 4.69) is 115 Å². The predicted molar refractivity (Wildman–Crippen MR) is 209 cm³/mol. The highest BCUT2D eigenvalue weighted by Crippen LogP contribution is 2.38. The van der Waals surface area contributed by atoms with E-state index >= 15 is 0 Å². The van der Waals surface area contributed by atoms with Crippen LogP contribution in [0, 0.1) is 0 Å². The molecule has 51 heavy (non-hydrogen) atoms. The first-order chi connectivity index (χ1) is 25.2. The summed E-state index contributed by atoms with van der Waals surface area (Å²) < 4.78 is 6.23. The van der Waals surface area contributed by atoms with Gasteiger partial charge in [-0.3, -0.25) is 0 Å². The molecule has 0 bridgehead atoms. The van der Waals surface area contributed by atoms with Crippen molar-refractivity contribution in [2.75, 3.05) is 0 Å². The van der Waals surface area contributed by atoms with Crippen LogP contribution in [0.3, 0.4) is 0 Å². The Morgan fingerprint density at radius 3 is 1.84 bits per heavy atom. The number of aromatic nitrogens is 3. The van der Waals surface area contributed by atoms with Crippen molar-refractivity contribution >= 4 is 43.5 Å². The van der Waals surface area contributed by atoms with Crippen LogP contribution in [0.1, 0.15) is 0 Å². The summed E-state index contributed by atoms with van der Waals surface area (Å²) in [6.07, 6.45) is 0. The van der Waals surface area contributed by atoms with Gasteiger partial charge in [-0.25, -0.2) is 15.0 Å². The molecule has 238 valence electrons. The van der Waals surface area contributed by atoms with Crippen LogP contribution in [0.4, 0.5) is 0 Å². The minimum absolute atomic E-state index is 0.604. The van der Waals surface area contributed by atoms with E-state index in [-0.39, 0.29) is 0 Å². The molecule has 0 saturated carbocycles. The van der Waals surface area contributed by atoms with E-state index in [0.29, 0.717) is 17.5 Å². The Morgan fingerprint density at radius 2 is 0.922 bits per heavy atom. The molecule has 0 fully saturated rings. The van der Waals surface area contributed by atoms with Gasteiger partial charge in [0, 0.05) is 27.5 Å². The lowest BCUT2D eigenvalue weighted by Gasteiger charge is -2.12. The summed E-state index contributed by atoms with van der Waals surface area (Å²) in [5.41, 5.74) is 9.09. The van der Waals surface area contributed by atoms with Crippen molar-refractivity contribution in [3.63, 3.8) is 0 Å². The summed E-state index contributed by atoms with van der Waals surface area (Å²) in [6, 6.07) is 61.2. The van der Waals surface area contributed by atoms with Gasteiger partial charge in [-0.05, 0) is 74.1 Å². The van der Waals surface area contributed by atoms with E-state index < -0.39 is 0 Å². The number of rotatable bonds is 5. The first-order valence-corrected chi connectivity index (χ1v) is 17.1. The van der Waals surface area contributed by atoms with E-state index in [1.807, 2.05) is 60.7 Å². The summed E-state index contributed by atoms with van der Waals surface area (Å²) in [7, 11) is 0. The van der Waals surface area contributed by atoms with Crippen molar-refractivity contribution < 1.29 is 4.42 Å². The Morgan fingerprint density at radius 1 is 0.314 bits per heavy atom. The summed E-state index contributed by atoms with van der Waals surface area (Å²) in [5, 5.41) is 6.80. The first kappa shape index (κ1) is 29.0. The Hall–Kier alpha value is -6.91. The number of benzene rings is 8. The zero-order chi connectivity index (χ0) is 33.7. The molecule has 10 aromatic rings. The maximum atomic E-state index is 6.23. The third-order valence-corrected chi connectivity index (χ3v) is 9.71. The third kappa shape index (κ3) is 5.13. The Balaban J connectivity index is 1.14. The van der Waals surface area contributed by atoms with Crippen LogP contribution in [0.5, 0.6) is 0 Å². The van der Waals surface area contributed by atoms with Gasteiger partial charge in [0.1, 0.15) is 11.2 Å². The topological polar surface area (TPSA) is 51.8 Å². The van der Waals surface area contributed by atoms with E-state index in [4.69, 9.17) is 19.4 Å². The van der Waals surface area contributed by atoms with Gasteiger partial charge in [-0.1, -0.05) is 146 Å². The molecular weight excluding hydrogens is 623 g/mol. The zero-order valence-corrected chi connectivity index (χ0v) is 27.5. The van der Waals surface area contributed by atoms with E-state index in [1.165, 1.54) is 21.9 Å². The van der Waals surface area contributed by atoms with Gasteiger partial charge in [-0.15, -0.1) is 0 Å². The number of fused-ring (bicyclic) bond motifs is 5. The molecule has 0 radical (unpaired) electrons. The lowest BCUT2D eigenvalue weighted by molar-refractivity contribution is 0.669. The lowest BCUT2D eigenvalue weighted by Crippen LogP contribution is -2.00. The molecule has 4 heteroatoms. The van der Waals surface area contributed by atoms with Crippen LogP contribution < -0.4 is 0 Å². The maximum absolute atomic E-state index is 6.23. The third-order valence-electron chi connectivity index (χ3n) is 9.71. The van der Waals surface area contributed by atoms with Crippen LogP contribution in [-0.4, -0.2) is 15.0 Å². The fourth-order valence-electron chi connectivity index (χ4n) is 7.20. The molecule has 0 N–H and O–H groups in total. The van der Waals surface area contributed by atoms with Gasteiger partial charge in [0.05, 0.1) is 0 Å². The molecular formula is C47H29N3O. The van der Waals surface area contributed by atoms with Gasteiger partial charge in [0.2, 0.25) is 0 Å². The highest BCUT2D eigenvalue weighted by atomic mass is 16.3. The highest BCUT2D eigenvalue weighted by Gasteiger charge is 2.18. The standard InChI is InChI=1S/C47H29N3O/c1-2-12-32(13-3-1)45-48-46(50-47(49-45)40-20-10-22-43-44(40)39-18-6-7-21-42(39)51-43)37-26-24-31-15-9-19-38(41(31)29-37)36-17-8-16-34(28-36)35-25-23-30-11-4-5-14-33(30)27-35/h1-29H. The summed E-state index contributed by atoms with van der Waals surface area (Å²) in [5.74, 6) is 1.84. The highest BCUT2D eigenvalue weighted by molar-refractivity contribution is 6.11. The zero-order valence-electron chi connectivity index (χ0n) is 27.5. The van der Waals surface area contributed by atoms with Crippen LogP contribution in [0.2, 0.25) is 0 Å². The van der Waals surface area contributed by atoms with Crippen molar-refractivity contribution in [3.05, 3.63) is 176 Å². The molecule has 0 aliphatic heterocycles. The van der Waals surface area contributed by atoms with Gasteiger partial charge < -0.3 is 4.42 Å². The van der Waals surface area contributed by atoms with Gasteiger partial charge in [0.25, 0.3) is 0 Å². The smallest absolute Gasteiger partial charge is 0.164 e. The predicted octanol–water partition coefficient (Wildman–Crippen LogP) is 12.4. The molecule has 8 aromatic carbocycles.